The number of carbonyl (C=O) groups is 1. The van der Waals surface area contributed by atoms with Gasteiger partial charge in [0.25, 0.3) is 0 Å². The van der Waals surface area contributed by atoms with Gasteiger partial charge in [0.05, 0.1) is 6.04 Å². The van der Waals surface area contributed by atoms with E-state index in [0.717, 1.165) is 19.6 Å². The Bertz CT molecular complexity index is 301. The van der Waals surface area contributed by atoms with Crippen LogP contribution in [-0.2, 0) is 4.79 Å². The molecule has 1 saturated heterocycles. The van der Waals surface area contributed by atoms with Crippen LogP contribution in [0.2, 0.25) is 0 Å². The highest BCUT2D eigenvalue weighted by molar-refractivity contribution is 5.81. The molecule has 0 aromatic heterocycles. The number of nitrogens with one attached hydrogen (secondary N) is 2. The maximum atomic E-state index is 12.0. The number of hydrogen-bond donors (Lipinski definition) is 2. The first-order valence-corrected chi connectivity index (χ1v) is 7.35. The minimum atomic E-state index is -0.162. The highest BCUT2D eigenvalue weighted by atomic mass is 16.2. The summed E-state index contributed by atoms with van der Waals surface area (Å²) in [7, 11) is 2.17. The number of nitrogens with zero attached hydrogens (tertiary/aromatic N) is 1. The molecule has 1 atom stereocenters. The van der Waals surface area contributed by atoms with Crippen LogP contribution < -0.4 is 10.6 Å². The summed E-state index contributed by atoms with van der Waals surface area (Å²) in [5.74, 6) is 0.0871. The van der Waals surface area contributed by atoms with Gasteiger partial charge in [-0.05, 0) is 66.1 Å². The van der Waals surface area contributed by atoms with Gasteiger partial charge in [-0.25, -0.2) is 0 Å². The lowest BCUT2D eigenvalue weighted by molar-refractivity contribution is -0.124. The molecule has 0 bridgehead atoms. The molecule has 0 radical (unpaired) electrons. The van der Waals surface area contributed by atoms with Gasteiger partial charge in [-0.1, -0.05) is 6.92 Å². The smallest absolute Gasteiger partial charge is 0.237 e. The van der Waals surface area contributed by atoms with Crippen molar-refractivity contribution in [2.75, 3.05) is 26.7 Å². The van der Waals surface area contributed by atoms with E-state index in [1.807, 2.05) is 27.7 Å². The molecule has 112 valence electrons. The summed E-state index contributed by atoms with van der Waals surface area (Å²) in [5.41, 5.74) is 0.160. The minimum Gasteiger partial charge on any atom is -0.350 e. The van der Waals surface area contributed by atoms with E-state index in [-0.39, 0.29) is 17.5 Å². The van der Waals surface area contributed by atoms with Crippen LogP contribution in [-0.4, -0.2) is 49.1 Å². The van der Waals surface area contributed by atoms with E-state index in [9.17, 15) is 4.79 Å². The Kier molecular flexibility index (Phi) is 5.39. The second kappa shape index (κ2) is 6.23. The van der Waals surface area contributed by atoms with E-state index in [4.69, 9.17) is 0 Å². The zero-order valence-electron chi connectivity index (χ0n) is 13.5. The quantitative estimate of drug-likeness (QED) is 0.815. The zero-order valence-corrected chi connectivity index (χ0v) is 13.5. The second-order valence-corrected chi connectivity index (χ2v) is 7.46. The maximum absolute atomic E-state index is 12.0. The Labute approximate surface area is 118 Å². The van der Waals surface area contributed by atoms with Gasteiger partial charge in [0, 0.05) is 12.1 Å². The molecule has 0 aromatic rings. The van der Waals surface area contributed by atoms with Crippen LogP contribution in [0.15, 0.2) is 0 Å². The van der Waals surface area contributed by atoms with Gasteiger partial charge in [-0.2, -0.15) is 0 Å². The molecule has 0 aliphatic carbocycles. The normalized spacial score (nSPS) is 22.0. The van der Waals surface area contributed by atoms with Crippen molar-refractivity contribution in [1.82, 2.24) is 15.5 Å². The van der Waals surface area contributed by atoms with Crippen LogP contribution in [0.25, 0.3) is 0 Å². The maximum Gasteiger partial charge on any atom is 0.237 e. The summed E-state index contributed by atoms with van der Waals surface area (Å²) in [5, 5.41) is 6.42. The number of amides is 1. The van der Waals surface area contributed by atoms with Crippen molar-refractivity contribution in [2.24, 2.45) is 5.41 Å². The lowest BCUT2D eigenvalue weighted by atomic mass is 9.80. The molecule has 1 heterocycles. The summed E-state index contributed by atoms with van der Waals surface area (Å²) in [6, 6.07) is -0.129. The predicted molar refractivity (Wildman–Crippen MR) is 80.2 cm³/mol. The molecule has 19 heavy (non-hydrogen) atoms. The molecule has 2 N–H and O–H groups in total. The molecule has 0 saturated carbocycles. The Morgan fingerprint density at radius 3 is 2.32 bits per heavy atom. The molecule has 1 rings (SSSR count). The van der Waals surface area contributed by atoms with E-state index < -0.39 is 0 Å². The van der Waals surface area contributed by atoms with Crippen molar-refractivity contribution in [3.05, 3.63) is 0 Å². The number of likely N-dealkylation sites (tertiary alicyclic amines) is 1. The van der Waals surface area contributed by atoms with Gasteiger partial charge in [0.1, 0.15) is 0 Å². The Balaban J connectivity index is 2.37. The first kappa shape index (κ1) is 16.4. The first-order chi connectivity index (χ1) is 8.61. The summed E-state index contributed by atoms with van der Waals surface area (Å²) >= 11 is 0. The molecule has 1 amide bonds. The molecule has 4 nitrogen and oxygen atoms in total. The standard InChI is InChI=1S/C15H31N3O/c1-12(13(19)17-14(2,3)4)16-11-15(5)7-9-18(6)10-8-15/h12,16H,7-11H2,1-6H3,(H,17,19). The second-order valence-electron chi connectivity index (χ2n) is 7.46. The van der Waals surface area contributed by atoms with E-state index >= 15 is 0 Å². The number of rotatable bonds is 4. The van der Waals surface area contributed by atoms with Crippen LogP contribution in [0.5, 0.6) is 0 Å². The van der Waals surface area contributed by atoms with Gasteiger partial charge in [-0.15, -0.1) is 0 Å². The molecule has 0 spiro atoms. The van der Waals surface area contributed by atoms with Crippen molar-refractivity contribution >= 4 is 5.91 Å². The van der Waals surface area contributed by atoms with Crippen molar-refractivity contribution in [3.63, 3.8) is 0 Å². The lowest BCUT2D eigenvalue weighted by Crippen LogP contribution is -2.52. The van der Waals surface area contributed by atoms with Gasteiger partial charge >= 0.3 is 0 Å². The number of hydrogen-bond acceptors (Lipinski definition) is 3. The largest absolute Gasteiger partial charge is 0.350 e. The van der Waals surface area contributed by atoms with E-state index in [0.29, 0.717) is 5.41 Å². The average Bonchev–Trinajstić information content (AvgIpc) is 2.28. The van der Waals surface area contributed by atoms with E-state index in [1.165, 1.54) is 12.8 Å². The summed E-state index contributed by atoms with van der Waals surface area (Å²) < 4.78 is 0. The highest BCUT2D eigenvalue weighted by Crippen LogP contribution is 2.29. The third-order valence-electron chi connectivity index (χ3n) is 3.92. The van der Waals surface area contributed by atoms with Gasteiger partial charge in [0.15, 0.2) is 0 Å². The molecule has 1 aliphatic rings. The first-order valence-electron chi connectivity index (χ1n) is 7.35. The van der Waals surface area contributed by atoms with Crippen LogP contribution in [0, 0.1) is 5.41 Å². The topological polar surface area (TPSA) is 44.4 Å². The molecule has 4 heteroatoms. The fraction of sp³-hybridized carbons (Fsp3) is 0.933. The van der Waals surface area contributed by atoms with Crippen LogP contribution in [0.3, 0.4) is 0 Å². The molecule has 1 aliphatic heterocycles. The molecule has 1 unspecified atom stereocenters. The molecule has 0 aromatic carbocycles. The monoisotopic (exact) mass is 269 g/mol. The van der Waals surface area contributed by atoms with Crippen molar-refractivity contribution in [2.45, 2.75) is 59.0 Å². The van der Waals surface area contributed by atoms with Gasteiger partial charge < -0.3 is 15.5 Å². The fourth-order valence-electron chi connectivity index (χ4n) is 2.31. The van der Waals surface area contributed by atoms with Crippen LogP contribution in [0.4, 0.5) is 0 Å². The molecular formula is C15H31N3O. The lowest BCUT2D eigenvalue weighted by Gasteiger charge is -2.38. The summed E-state index contributed by atoms with van der Waals surface area (Å²) in [4.78, 5) is 14.4. The third-order valence-corrected chi connectivity index (χ3v) is 3.92. The SMILES string of the molecule is CC(NCC1(C)CCN(C)CC1)C(=O)NC(C)(C)C. The minimum absolute atomic E-state index is 0.0871. The van der Waals surface area contributed by atoms with Gasteiger partial charge in [0.2, 0.25) is 5.91 Å². The summed E-state index contributed by atoms with van der Waals surface area (Å²) in [6.45, 7) is 13.5. The van der Waals surface area contributed by atoms with Crippen LogP contribution in [0.1, 0.15) is 47.5 Å². The predicted octanol–water partition coefficient (Wildman–Crippen LogP) is 1.61. The fourth-order valence-corrected chi connectivity index (χ4v) is 2.31. The van der Waals surface area contributed by atoms with Crippen LogP contribution >= 0.6 is 0 Å². The Morgan fingerprint density at radius 1 is 1.32 bits per heavy atom. The van der Waals surface area contributed by atoms with Crippen molar-refractivity contribution < 1.29 is 4.79 Å². The average molecular weight is 269 g/mol. The number of carbonyl (C=O) groups excluding carboxylic acids is 1. The zero-order chi connectivity index (χ0) is 14.7. The number of piperidine rings is 1. The van der Waals surface area contributed by atoms with E-state index in [2.05, 4.69) is 29.5 Å². The van der Waals surface area contributed by atoms with Gasteiger partial charge in [-0.3, -0.25) is 4.79 Å². The molecule has 1 fully saturated rings. The van der Waals surface area contributed by atoms with E-state index in [1.54, 1.807) is 0 Å². The van der Waals surface area contributed by atoms with Crippen molar-refractivity contribution in [3.8, 4) is 0 Å². The highest BCUT2D eigenvalue weighted by Gasteiger charge is 2.30. The van der Waals surface area contributed by atoms with Crippen molar-refractivity contribution in [1.29, 1.82) is 0 Å². The Hall–Kier alpha value is -0.610. The Morgan fingerprint density at radius 2 is 1.84 bits per heavy atom. The molecular weight excluding hydrogens is 238 g/mol. The summed E-state index contributed by atoms with van der Waals surface area (Å²) in [6.07, 6.45) is 2.40. The third kappa shape index (κ3) is 5.91.